The van der Waals surface area contributed by atoms with Crippen LogP contribution in [0.15, 0.2) is 24.3 Å². The molecule has 0 aliphatic carbocycles. The Morgan fingerprint density at radius 3 is 2.62 bits per heavy atom. The van der Waals surface area contributed by atoms with Crippen molar-refractivity contribution in [2.45, 2.75) is 19.0 Å². The maximum absolute atomic E-state index is 12.1. The van der Waals surface area contributed by atoms with Crippen LogP contribution in [0.4, 0.5) is 18.9 Å². The molecular weight excluding hydrogens is 287 g/mol. The lowest BCUT2D eigenvalue weighted by atomic mass is 10.1. The van der Waals surface area contributed by atoms with E-state index in [-0.39, 0.29) is 24.3 Å². The van der Waals surface area contributed by atoms with Crippen molar-refractivity contribution in [2.75, 3.05) is 11.9 Å². The first kappa shape index (κ1) is 15.0. The van der Waals surface area contributed by atoms with Gasteiger partial charge in [-0.25, -0.2) is 4.79 Å². The number of rotatable bonds is 5. The van der Waals surface area contributed by atoms with E-state index in [9.17, 15) is 18.0 Å². The van der Waals surface area contributed by atoms with Crippen LogP contribution in [0.5, 0.6) is 0 Å². The Balaban J connectivity index is 2.23. The fourth-order valence-electron chi connectivity index (χ4n) is 1.88. The van der Waals surface area contributed by atoms with Gasteiger partial charge >= 0.3 is 12.1 Å². The quantitative estimate of drug-likeness (QED) is 0.830. The van der Waals surface area contributed by atoms with Crippen molar-refractivity contribution in [3.8, 4) is 0 Å². The summed E-state index contributed by atoms with van der Waals surface area (Å²) >= 11 is 0. The molecule has 0 saturated heterocycles. The summed E-state index contributed by atoms with van der Waals surface area (Å²) in [5.41, 5.74) is 0.358. The highest BCUT2D eigenvalue weighted by atomic mass is 19.4. The number of nitrogens with one attached hydrogen (secondary N) is 1. The number of benzene rings is 1. The maximum Gasteiger partial charge on any atom is 0.389 e. The Labute approximate surface area is 117 Å². The summed E-state index contributed by atoms with van der Waals surface area (Å²) in [6, 6.07) is 6.69. The van der Waals surface area contributed by atoms with Gasteiger partial charge in [-0.1, -0.05) is 18.2 Å². The molecule has 0 aliphatic heterocycles. The number of alkyl halides is 3. The van der Waals surface area contributed by atoms with Gasteiger partial charge in [-0.15, -0.1) is 10.2 Å². The van der Waals surface area contributed by atoms with Gasteiger partial charge in [-0.2, -0.15) is 13.2 Å². The van der Waals surface area contributed by atoms with Crippen LogP contribution in [0.1, 0.15) is 23.3 Å². The zero-order valence-electron chi connectivity index (χ0n) is 10.8. The molecule has 0 saturated carbocycles. The van der Waals surface area contributed by atoms with Crippen molar-refractivity contribution < 1.29 is 23.1 Å². The molecule has 8 heteroatoms. The zero-order chi connectivity index (χ0) is 15.5. The Bertz CT molecular complexity index is 659. The molecule has 21 heavy (non-hydrogen) atoms. The van der Waals surface area contributed by atoms with Crippen LogP contribution in [0, 0.1) is 0 Å². The molecule has 0 spiro atoms. The standard InChI is InChI=1S/C13H12F3N3O2/c14-13(15,16)6-3-7-17-10-8-4-1-2-5-9(8)18-19-11(10)12(20)21/h1-2,4-5H,3,6-7H2,(H,17,18)(H,20,21). The van der Waals surface area contributed by atoms with Crippen molar-refractivity contribution >= 4 is 22.6 Å². The number of hydrogen-bond acceptors (Lipinski definition) is 4. The molecule has 0 amide bonds. The Kier molecular flexibility index (Phi) is 4.25. The van der Waals surface area contributed by atoms with Crippen molar-refractivity contribution in [3.63, 3.8) is 0 Å². The van der Waals surface area contributed by atoms with Crippen LogP contribution in [0.2, 0.25) is 0 Å². The lowest BCUT2D eigenvalue weighted by Crippen LogP contribution is -2.14. The minimum Gasteiger partial charge on any atom is -0.476 e. The second-order valence-corrected chi connectivity index (χ2v) is 4.39. The number of anilines is 1. The Morgan fingerprint density at radius 2 is 1.95 bits per heavy atom. The third-order valence-corrected chi connectivity index (χ3v) is 2.81. The number of carbonyl (C=O) groups is 1. The van der Waals surface area contributed by atoms with E-state index in [1.807, 2.05) is 0 Å². The monoisotopic (exact) mass is 299 g/mol. The number of nitrogens with zero attached hydrogens (tertiary/aromatic N) is 2. The van der Waals surface area contributed by atoms with Crippen LogP contribution in [-0.4, -0.2) is 34.0 Å². The summed E-state index contributed by atoms with van der Waals surface area (Å²) in [7, 11) is 0. The molecule has 2 N–H and O–H groups in total. The number of fused-ring (bicyclic) bond motifs is 1. The van der Waals surface area contributed by atoms with Gasteiger partial charge in [0, 0.05) is 18.4 Å². The highest BCUT2D eigenvalue weighted by Gasteiger charge is 2.26. The summed E-state index contributed by atoms with van der Waals surface area (Å²) in [5.74, 6) is -1.29. The van der Waals surface area contributed by atoms with Gasteiger partial charge in [0.2, 0.25) is 0 Å². The normalized spacial score (nSPS) is 11.6. The summed E-state index contributed by atoms with van der Waals surface area (Å²) in [6.45, 7) is -0.00449. The van der Waals surface area contributed by atoms with E-state index in [0.29, 0.717) is 10.9 Å². The van der Waals surface area contributed by atoms with Crippen molar-refractivity contribution in [1.29, 1.82) is 0 Å². The molecule has 1 aromatic heterocycles. The number of aromatic nitrogens is 2. The van der Waals surface area contributed by atoms with Gasteiger partial charge in [0.1, 0.15) is 0 Å². The minimum atomic E-state index is -4.23. The van der Waals surface area contributed by atoms with Crippen LogP contribution < -0.4 is 5.32 Å². The van der Waals surface area contributed by atoms with Crippen molar-refractivity contribution in [3.05, 3.63) is 30.0 Å². The molecule has 5 nitrogen and oxygen atoms in total. The molecule has 0 fully saturated rings. The van der Waals surface area contributed by atoms with Gasteiger partial charge in [0.25, 0.3) is 0 Å². The smallest absolute Gasteiger partial charge is 0.389 e. The second kappa shape index (κ2) is 5.94. The first-order valence-electron chi connectivity index (χ1n) is 6.18. The molecule has 0 bridgehead atoms. The third kappa shape index (κ3) is 3.80. The van der Waals surface area contributed by atoms with Crippen molar-refractivity contribution in [2.24, 2.45) is 0 Å². The molecule has 0 radical (unpaired) electrons. The van der Waals surface area contributed by atoms with Gasteiger partial charge in [-0.05, 0) is 12.5 Å². The molecule has 1 heterocycles. The molecule has 112 valence electrons. The summed E-state index contributed by atoms with van der Waals surface area (Å²) in [4.78, 5) is 11.1. The van der Waals surface area contributed by atoms with E-state index in [0.717, 1.165) is 0 Å². The second-order valence-electron chi connectivity index (χ2n) is 4.39. The largest absolute Gasteiger partial charge is 0.476 e. The molecule has 1 aromatic carbocycles. The topological polar surface area (TPSA) is 75.1 Å². The molecule has 0 unspecified atom stereocenters. The fraction of sp³-hybridized carbons (Fsp3) is 0.308. The van der Waals surface area contributed by atoms with E-state index in [1.165, 1.54) is 0 Å². The molecule has 2 rings (SSSR count). The first-order valence-corrected chi connectivity index (χ1v) is 6.18. The van der Waals surface area contributed by atoms with Crippen LogP contribution >= 0.6 is 0 Å². The predicted molar refractivity (Wildman–Crippen MR) is 70.3 cm³/mol. The minimum absolute atomic E-state index is 0.00449. The number of carboxylic acid groups (broad SMARTS) is 1. The maximum atomic E-state index is 12.1. The average molecular weight is 299 g/mol. The van der Waals surface area contributed by atoms with E-state index < -0.39 is 18.6 Å². The van der Waals surface area contributed by atoms with E-state index in [4.69, 9.17) is 5.11 Å². The summed E-state index contributed by atoms with van der Waals surface area (Å²) in [5, 5.41) is 19.7. The lowest BCUT2D eigenvalue weighted by molar-refractivity contribution is -0.134. The summed E-state index contributed by atoms with van der Waals surface area (Å²) in [6.07, 6.45) is -5.31. The van der Waals surface area contributed by atoms with Crippen LogP contribution in [-0.2, 0) is 0 Å². The Hall–Kier alpha value is -2.38. The number of halogens is 3. The van der Waals surface area contributed by atoms with Gasteiger partial charge in [0.15, 0.2) is 5.69 Å². The van der Waals surface area contributed by atoms with E-state index in [1.54, 1.807) is 24.3 Å². The number of hydrogen-bond donors (Lipinski definition) is 2. The first-order chi connectivity index (χ1) is 9.88. The average Bonchev–Trinajstić information content (AvgIpc) is 2.42. The number of aromatic carboxylic acids is 1. The van der Waals surface area contributed by atoms with Crippen LogP contribution in [0.25, 0.3) is 10.9 Å². The third-order valence-electron chi connectivity index (χ3n) is 2.81. The van der Waals surface area contributed by atoms with Gasteiger partial charge < -0.3 is 10.4 Å². The highest BCUT2D eigenvalue weighted by Crippen LogP contribution is 2.25. The van der Waals surface area contributed by atoms with Gasteiger partial charge in [0.05, 0.1) is 11.2 Å². The zero-order valence-corrected chi connectivity index (χ0v) is 10.8. The number of carboxylic acids is 1. The van der Waals surface area contributed by atoms with Crippen LogP contribution in [0.3, 0.4) is 0 Å². The lowest BCUT2D eigenvalue weighted by Gasteiger charge is -2.12. The molecular formula is C13H12F3N3O2. The Morgan fingerprint density at radius 1 is 1.24 bits per heavy atom. The predicted octanol–water partition coefficient (Wildman–Crippen LogP) is 3.08. The SMILES string of the molecule is O=C(O)c1nnc2ccccc2c1NCCCC(F)(F)F. The van der Waals surface area contributed by atoms with Gasteiger partial charge in [-0.3, -0.25) is 0 Å². The van der Waals surface area contributed by atoms with E-state index in [2.05, 4.69) is 15.5 Å². The molecule has 0 aliphatic rings. The molecule has 0 atom stereocenters. The fourth-order valence-corrected chi connectivity index (χ4v) is 1.88. The molecule has 2 aromatic rings. The highest BCUT2D eigenvalue weighted by molar-refractivity contribution is 6.02. The van der Waals surface area contributed by atoms with Crippen molar-refractivity contribution in [1.82, 2.24) is 10.2 Å². The van der Waals surface area contributed by atoms with E-state index >= 15 is 0 Å². The summed E-state index contributed by atoms with van der Waals surface area (Å²) < 4.78 is 36.3.